The second-order valence-corrected chi connectivity index (χ2v) is 17.1. The van der Waals surface area contributed by atoms with Crippen LogP contribution >= 0.6 is 0 Å². The number of hydrogen-bond acceptors (Lipinski definition) is 3. The van der Waals surface area contributed by atoms with Crippen molar-refractivity contribution in [3.63, 3.8) is 0 Å². The van der Waals surface area contributed by atoms with Crippen LogP contribution in [0.25, 0.3) is 0 Å². The third-order valence-electron chi connectivity index (χ3n) is 7.07. The molecule has 1 fully saturated rings. The van der Waals surface area contributed by atoms with Crippen molar-refractivity contribution in [2.75, 3.05) is 0 Å². The van der Waals surface area contributed by atoms with Crippen LogP contribution in [-0.2, 0) is 13.9 Å². The van der Waals surface area contributed by atoms with Crippen molar-refractivity contribution in [3.8, 4) is 0 Å². The predicted molar refractivity (Wildman–Crippen MR) is 158 cm³/mol. The standard InChI is InChI=1S/C32H40O3SeSi/c1-6-25-23-30(29(7-2)34-31(33-25)24-36-26-17-11-8-12-18-26)35-37(32(3,4)5,27-19-13-9-14-20-27)28-21-15-10-16-22-28/h6,8-22,25,29-31H,1,7,23-24H2,2-5H3/t25?,29-,30-,31?/m1/s1. The van der Waals surface area contributed by atoms with Crippen LogP contribution in [0, 0.1) is 0 Å². The predicted octanol–water partition coefficient (Wildman–Crippen LogP) is 5.48. The second kappa shape index (κ2) is 12.7. The monoisotopic (exact) mass is 580 g/mol. The number of rotatable bonds is 9. The average molecular weight is 580 g/mol. The Morgan fingerprint density at radius 2 is 1.43 bits per heavy atom. The molecule has 1 aliphatic rings. The Balaban J connectivity index is 1.69. The van der Waals surface area contributed by atoms with E-state index in [-0.39, 0.29) is 44.6 Å². The maximum absolute atomic E-state index is 7.53. The molecular formula is C32H40O3SeSi. The minimum atomic E-state index is -2.72. The zero-order valence-electron chi connectivity index (χ0n) is 22.5. The van der Waals surface area contributed by atoms with Gasteiger partial charge in [-0.1, -0.05) is 0 Å². The third-order valence-corrected chi connectivity index (χ3v) is 14.3. The van der Waals surface area contributed by atoms with Crippen LogP contribution in [0.1, 0.15) is 40.5 Å². The molecule has 0 saturated carbocycles. The van der Waals surface area contributed by atoms with Gasteiger partial charge in [0.15, 0.2) is 0 Å². The van der Waals surface area contributed by atoms with E-state index in [9.17, 15) is 0 Å². The van der Waals surface area contributed by atoms with Crippen LogP contribution in [0.4, 0.5) is 0 Å². The molecule has 37 heavy (non-hydrogen) atoms. The molecule has 0 amide bonds. The Kier molecular flexibility index (Phi) is 9.63. The summed E-state index contributed by atoms with van der Waals surface area (Å²) in [4.78, 5) is 0. The molecule has 1 aliphatic heterocycles. The third kappa shape index (κ3) is 6.54. The molecule has 4 atom stereocenters. The normalized spacial score (nSPS) is 22.8. The molecule has 196 valence electrons. The van der Waals surface area contributed by atoms with Gasteiger partial charge in [-0.05, 0) is 0 Å². The zero-order valence-corrected chi connectivity index (χ0v) is 25.2. The van der Waals surface area contributed by atoms with E-state index in [1.165, 1.54) is 14.8 Å². The summed E-state index contributed by atoms with van der Waals surface area (Å²) in [6.45, 7) is 13.3. The van der Waals surface area contributed by atoms with Crippen molar-refractivity contribution in [1.29, 1.82) is 0 Å². The van der Waals surface area contributed by atoms with Crippen molar-refractivity contribution in [1.82, 2.24) is 0 Å². The van der Waals surface area contributed by atoms with Crippen LogP contribution in [0.5, 0.6) is 0 Å². The van der Waals surface area contributed by atoms with Crippen molar-refractivity contribution in [2.45, 2.75) is 75.5 Å². The molecule has 0 radical (unpaired) electrons. The van der Waals surface area contributed by atoms with Crippen LogP contribution < -0.4 is 14.8 Å². The quantitative estimate of drug-likeness (QED) is 0.249. The molecule has 3 aromatic carbocycles. The number of hydrogen-bond donors (Lipinski definition) is 0. The fourth-order valence-electron chi connectivity index (χ4n) is 5.26. The molecule has 3 nitrogen and oxygen atoms in total. The minimum absolute atomic E-state index is 0.0526. The molecule has 1 saturated heterocycles. The number of ether oxygens (including phenoxy) is 2. The van der Waals surface area contributed by atoms with Gasteiger partial charge in [0.1, 0.15) is 0 Å². The summed E-state index contributed by atoms with van der Waals surface area (Å²) in [6, 6.07) is 32.3. The molecular weight excluding hydrogens is 539 g/mol. The van der Waals surface area contributed by atoms with Crippen LogP contribution in [0.15, 0.2) is 104 Å². The Bertz CT molecular complexity index is 1060. The van der Waals surface area contributed by atoms with Crippen molar-refractivity contribution < 1.29 is 13.9 Å². The Hall–Kier alpha value is -1.98. The van der Waals surface area contributed by atoms with E-state index >= 15 is 0 Å². The molecule has 0 bridgehead atoms. The van der Waals surface area contributed by atoms with E-state index in [1.807, 2.05) is 6.08 Å². The van der Waals surface area contributed by atoms with Crippen LogP contribution in [0.2, 0.25) is 10.4 Å². The van der Waals surface area contributed by atoms with Crippen molar-refractivity contribution in [3.05, 3.63) is 104 Å². The Morgan fingerprint density at radius 3 is 1.92 bits per heavy atom. The van der Waals surface area contributed by atoms with Crippen LogP contribution in [-0.4, -0.2) is 47.9 Å². The maximum atomic E-state index is 7.53. The molecule has 0 spiro atoms. The van der Waals surface area contributed by atoms with Gasteiger partial charge in [-0.2, -0.15) is 0 Å². The SMILES string of the molecule is C=CC1C[C@@H](O[Si](c2ccccc2)(c2ccccc2)C(C)(C)C)[C@@H](CC)OC(C[Se]c2ccccc2)O1. The van der Waals surface area contributed by atoms with Crippen molar-refractivity contribution in [2.24, 2.45) is 0 Å². The number of benzene rings is 3. The molecule has 4 rings (SSSR count). The Labute approximate surface area is 230 Å². The van der Waals surface area contributed by atoms with Gasteiger partial charge >= 0.3 is 231 Å². The van der Waals surface area contributed by atoms with Gasteiger partial charge in [-0.3, -0.25) is 0 Å². The summed E-state index contributed by atoms with van der Waals surface area (Å²) in [6.07, 6.45) is 2.99. The summed E-state index contributed by atoms with van der Waals surface area (Å²) >= 11 is 0.272. The molecule has 0 N–H and O–H groups in total. The van der Waals surface area contributed by atoms with Gasteiger partial charge in [-0.25, -0.2) is 0 Å². The molecule has 0 aliphatic carbocycles. The summed E-state index contributed by atoms with van der Waals surface area (Å²) in [5.41, 5.74) is 0. The van der Waals surface area contributed by atoms with E-state index in [0.29, 0.717) is 0 Å². The molecule has 3 aromatic rings. The van der Waals surface area contributed by atoms with Gasteiger partial charge < -0.3 is 0 Å². The molecule has 1 heterocycles. The summed E-state index contributed by atoms with van der Waals surface area (Å²) in [5, 5.41) is 3.34. The fourth-order valence-corrected chi connectivity index (χ4v) is 11.7. The molecule has 5 heteroatoms. The van der Waals surface area contributed by atoms with E-state index in [2.05, 4.69) is 125 Å². The Morgan fingerprint density at radius 1 is 0.892 bits per heavy atom. The topological polar surface area (TPSA) is 27.7 Å². The zero-order chi connectivity index (χ0) is 26.3. The van der Waals surface area contributed by atoms with Gasteiger partial charge in [0.05, 0.1) is 0 Å². The van der Waals surface area contributed by atoms with Crippen LogP contribution in [0.3, 0.4) is 0 Å². The van der Waals surface area contributed by atoms with Crippen molar-refractivity contribution >= 4 is 38.1 Å². The van der Waals surface area contributed by atoms with Gasteiger partial charge in [0.25, 0.3) is 0 Å². The molecule has 0 aromatic heterocycles. The van der Waals surface area contributed by atoms with E-state index in [0.717, 1.165) is 18.2 Å². The first-order valence-corrected chi connectivity index (χ1v) is 17.2. The van der Waals surface area contributed by atoms with E-state index in [4.69, 9.17) is 13.9 Å². The van der Waals surface area contributed by atoms with Gasteiger partial charge in [0, 0.05) is 0 Å². The van der Waals surface area contributed by atoms with E-state index < -0.39 is 8.32 Å². The summed E-state index contributed by atoms with van der Waals surface area (Å²) < 4.78 is 22.1. The molecule has 2 unspecified atom stereocenters. The van der Waals surface area contributed by atoms with Gasteiger partial charge in [0.2, 0.25) is 0 Å². The summed E-state index contributed by atoms with van der Waals surface area (Å²) in [7, 11) is -2.72. The van der Waals surface area contributed by atoms with E-state index in [1.54, 1.807) is 0 Å². The first-order valence-electron chi connectivity index (χ1n) is 13.3. The first kappa shape index (κ1) is 28.0. The second-order valence-electron chi connectivity index (χ2n) is 10.6. The first-order chi connectivity index (χ1) is 17.9. The summed E-state index contributed by atoms with van der Waals surface area (Å²) in [5.74, 6) is 0. The average Bonchev–Trinajstić information content (AvgIpc) is 3.10. The van der Waals surface area contributed by atoms with Gasteiger partial charge in [-0.15, -0.1) is 0 Å². The fraction of sp³-hybridized carbons (Fsp3) is 0.375.